The number of fused-ring (bicyclic) bond motifs is 1. The van der Waals surface area contributed by atoms with Crippen LogP contribution in [-0.2, 0) is 21.4 Å². The van der Waals surface area contributed by atoms with Crippen LogP contribution in [0.2, 0.25) is 5.02 Å². The van der Waals surface area contributed by atoms with Gasteiger partial charge in [0, 0.05) is 25.3 Å². The number of piperidine rings is 1. The molecule has 1 aliphatic heterocycles. The molecule has 0 unspecified atom stereocenters. The molecule has 2 aromatic heterocycles. The topological polar surface area (TPSA) is 114 Å². The molecule has 1 aliphatic rings. The molecule has 0 atom stereocenters. The van der Waals surface area contributed by atoms with Crippen LogP contribution in [-0.4, -0.2) is 51.0 Å². The predicted molar refractivity (Wildman–Crippen MR) is 110 cm³/mol. The van der Waals surface area contributed by atoms with E-state index in [1.54, 1.807) is 12.1 Å². The Balaban J connectivity index is 1.62. The maximum atomic E-state index is 13.3. The number of aromatic nitrogens is 3. The van der Waals surface area contributed by atoms with Crippen molar-refractivity contribution in [2.75, 3.05) is 13.1 Å². The van der Waals surface area contributed by atoms with Gasteiger partial charge in [0.1, 0.15) is 17.3 Å². The maximum absolute atomic E-state index is 13.3. The van der Waals surface area contributed by atoms with E-state index in [1.165, 1.54) is 15.1 Å². The van der Waals surface area contributed by atoms with Crippen molar-refractivity contribution >= 4 is 38.8 Å². The van der Waals surface area contributed by atoms with Gasteiger partial charge in [0.15, 0.2) is 5.65 Å². The van der Waals surface area contributed by atoms with Crippen molar-refractivity contribution in [2.24, 2.45) is 0 Å². The van der Waals surface area contributed by atoms with Gasteiger partial charge in [-0.1, -0.05) is 11.6 Å². The van der Waals surface area contributed by atoms with Crippen molar-refractivity contribution in [2.45, 2.75) is 30.3 Å². The molecular formula is C19H18ClFN4O5S. The first-order valence-electron chi connectivity index (χ1n) is 9.43. The molecule has 0 spiro atoms. The smallest absolute Gasteiger partial charge is 0.331 e. The Morgan fingerprint density at radius 3 is 2.61 bits per heavy atom. The second-order valence-corrected chi connectivity index (χ2v) is 9.50. The largest absolute Gasteiger partial charge is 0.480 e. The van der Waals surface area contributed by atoms with Crippen LogP contribution in [0.4, 0.5) is 4.39 Å². The number of nitrogens with zero attached hydrogens (tertiary/aromatic N) is 4. The van der Waals surface area contributed by atoms with E-state index in [-0.39, 0.29) is 34.7 Å². The molecule has 31 heavy (non-hydrogen) atoms. The molecule has 0 saturated carbocycles. The monoisotopic (exact) mass is 468 g/mol. The number of carboxylic acid groups (broad SMARTS) is 1. The minimum atomic E-state index is -3.93. The van der Waals surface area contributed by atoms with Gasteiger partial charge in [-0.3, -0.25) is 13.9 Å². The lowest BCUT2D eigenvalue weighted by Crippen LogP contribution is -2.41. The minimum absolute atomic E-state index is 0.124. The summed E-state index contributed by atoms with van der Waals surface area (Å²) >= 11 is 5.94. The van der Waals surface area contributed by atoms with Gasteiger partial charge in [-0.05, 0) is 43.2 Å². The summed E-state index contributed by atoms with van der Waals surface area (Å²) < 4.78 is 43.0. The maximum Gasteiger partial charge on any atom is 0.331 e. The summed E-state index contributed by atoms with van der Waals surface area (Å²) in [5, 5.41) is 8.94. The average molecular weight is 469 g/mol. The summed E-state index contributed by atoms with van der Waals surface area (Å²) in [5.41, 5.74) is 0.263. The molecule has 3 heterocycles. The van der Waals surface area contributed by atoms with Gasteiger partial charge in [0.05, 0.1) is 10.5 Å². The molecule has 4 rings (SSSR count). The summed E-state index contributed by atoms with van der Waals surface area (Å²) in [6.07, 6.45) is 2.14. The molecule has 0 bridgehead atoms. The fourth-order valence-electron chi connectivity index (χ4n) is 3.90. The quantitative estimate of drug-likeness (QED) is 0.613. The first-order valence-corrected chi connectivity index (χ1v) is 11.2. The summed E-state index contributed by atoms with van der Waals surface area (Å²) in [5.74, 6) is -1.79. The van der Waals surface area contributed by atoms with Gasteiger partial charge in [-0.2, -0.15) is 4.31 Å². The molecule has 9 nitrogen and oxygen atoms in total. The van der Waals surface area contributed by atoms with Crippen molar-refractivity contribution in [3.05, 3.63) is 57.9 Å². The number of hydrogen-bond acceptors (Lipinski definition) is 5. The third-order valence-electron chi connectivity index (χ3n) is 5.31. The zero-order chi connectivity index (χ0) is 22.3. The summed E-state index contributed by atoms with van der Waals surface area (Å²) in [4.78, 5) is 28.1. The Kier molecular flexibility index (Phi) is 5.58. The van der Waals surface area contributed by atoms with Crippen molar-refractivity contribution in [1.82, 2.24) is 18.4 Å². The van der Waals surface area contributed by atoms with E-state index >= 15 is 0 Å². The van der Waals surface area contributed by atoms with Crippen LogP contribution in [0, 0.1) is 5.82 Å². The lowest BCUT2D eigenvalue weighted by Gasteiger charge is -2.32. The molecular weight excluding hydrogens is 451 g/mol. The number of pyridine rings is 1. The van der Waals surface area contributed by atoms with Crippen LogP contribution in [0.1, 0.15) is 18.9 Å². The second-order valence-electron chi connectivity index (χ2n) is 7.19. The molecule has 164 valence electrons. The van der Waals surface area contributed by atoms with Crippen LogP contribution in [0.15, 0.2) is 46.2 Å². The fourth-order valence-corrected chi connectivity index (χ4v) is 5.88. The summed E-state index contributed by atoms with van der Waals surface area (Å²) in [6, 6.07) is 6.13. The zero-order valence-electron chi connectivity index (χ0n) is 16.1. The van der Waals surface area contributed by atoms with E-state index < -0.39 is 34.0 Å². The van der Waals surface area contributed by atoms with Crippen molar-refractivity contribution < 1.29 is 22.7 Å². The van der Waals surface area contributed by atoms with Gasteiger partial charge in [-0.25, -0.2) is 22.6 Å². The van der Waals surface area contributed by atoms with Gasteiger partial charge in [-0.15, -0.1) is 0 Å². The van der Waals surface area contributed by atoms with Gasteiger partial charge >= 0.3 is 11.7 Å². The van der Waals surface area contributed by atoms with Crippen LogP contribution >= 0.6 is 11.6 Å². The Labute approximate surface area is 181 Å². The molecule has 0 radical (unpaired) electrons. The third kappa shape index (κ3) is 3.84. The molecule has 1 N–H and O–H groups in total. The number of carboxylic acids is 1. The Morgan fingerprint density at radius 2 is 1.97 bits per heavy atom. The van der Waals surface area contributed by atoms with E-state index in [1.807, 2.05) is 0 Å². The first-order chi connectivity index (χ1) is 14.7. The molecule has 0 amide bonds. The van der Waals surface area contributed by atoms with Crippen LogP contribution < -0.4 is 5.69 Å². The van der Waals surface area contributed by atoms with Gasteiger partial charge in [0.25, 0.3) is 0 Å². The van der Waals surface area contributed by atoms with Gasteiger partial charge in [0.2, 0.25) is 10.0 Å². The van der Waals surface area contributed by atoms with Crippen LogP contribution in [0.25, 0.3) is 11.2 Å². The fraction of sp³-hybridized carbons (Fsp3) is 0.316. The van der Waals surface area contributed by atoms with E-state index in [2.05, 4.69) is 4.98 Å². The van der Waals surface area contributed by atoms with E-state index in [0.29, 0.717) is 18.4 Å². The van der Waals surface area contributed by atoms with Crippen LogP contribution in [0.3, 0.4) is 0 Å². The van der Waals surface area contributed by atoms with Crippen LogP contribution in [0.5, 0.6) is 0 Å². The highest BCUT2D eigenvalue weighted by Gasteiger charge is 2.33. The standard InChI is InChI=1S/C19H18ClFN4O5S/c20-14-10-12(21)3-4-16(14)31(29,30)23-8-5-13(6-9-23)25-15-2-1-7-22-18(15)24(19(25)28)11-17(26)27/h1-4,7,10,13H,5-6,8-9,11H2,(H,26,27). The lowest BCUT2D eigenvalue weighted by atomic mass is 10.1. The minimum Gasteiger partial charge on any atom is -0.480 e. The van der Waals surface area contributed by atoms with Crippen molar-refractivity contribution in [3.8, 4) is 0 Å². The number of halogens is 2. The molecule has 12 heteroatoms. The molecule has 1 saturated heterocycles. The Bertz CT molecular complexity index is 1330. The summed E-state index contributed by atoms with van der Waals surface area (Å²) in [6.45, 7) is -0.270. The van der Waals surface area contributed by atoms with Crippen molar-refractivity contribution in [3.63, 3.8) is 0 Å². The number of aliphatic carboxylic acids is 1. The molecule has 1 fully saturated rings. The molecule has 3 aromatic rings. The SMILES string of the molecule is O=C(O)Cn1c(=O)n(C2CCN(S(=O)(=O)c3ccc(F)cc3Cl)CC2)c2cccnc21. The average Bonchev–Trinajstić information content (AvgIpc) is 2.99. The van der Waals surface area contributed by atoms with Gasteiger partial charge < -0.3 is 5.11 Å². The molecule has 1 aromatic carbocycles. The summed E-state index contributed by atoms with van der Waals surface area (Å²) in [7, 11) is -3.93. The van der Waals surface area contributed by atoms with E-state index in [9.17, 15) is 22.4 Å². The van der Waals surface area contributed by atoms with Crippen molar-refractivity contribution in [1.29, 1.82) is 0 Å². The number of rotatable bonds is 5. The highest BCUT2D eigenvalue weighted by Crippen LogP contribution is 2.31. The van der Waals surface area contributed by atoms with E-state index in [4.69, 9.17) is 16.7 Å². The number of carbonyl (C=O) groups is 1. The zero-order valence-corrected chi connectivity index (χ0v) is 17.7. The molecule has 0 aliphatic carbocycles. The first kappa shape index (κ1) is 21.5. The second kappa shape index (κ2) is 8.06. The highest BCUT2D eigenvalue weighted by molar-refractivity contribution is 7.89. The Morgan fingerprint density at radius 1 is 1.26 bits per heavy atom. The number of imidazole rings is 1. The lowest BCUT2D eigenvalue weighted by molar-refractivity contribution is -0.137. The number of hydrogen-bond donors (Lipinski definition) is 1. The normalized spacial score (nSPS) is 16.1. The third-order valence-corrected chi connectivity index (χ3v) is 7.69. The number of benzene rings is 1. The highest BCUT2D eigenvalue weighted by atomic mass is 35.5. The predicted octanol–water partition coefficient (Wildman–Crippen LogP) is 2.10. The Hall–Kier alpha value is -2.76. The number of sulfonamides is 1. The van der Waals surface area contributed by atoms with E-state index in [0.717, 1.165) is 22.8 Å².